The Labute approximate surface area is 98.3 Å². The molecule has 1 aliphatic heterocycles. The molecule has 1 fully saturated rings. The summed E-state index contributed by atoms with van der Waals surface area (Å²) in [6.07, 6.45) is 4.11. The van der Waals surface area contributed by atoms with Gasteiger partial charge < -0.3 is 11.5 Å². The van der Waals surface area contributed by atoms with Crippen molar-refractivity contribution in [2.45, 2.75) is 57.5 Å². The molecular formula is C12H25N3O. The maximum Gasteiger partial charge on any atom is 0.237 e. The van der Waals surface area contributed by atoms with Gasteiger partial charge >= 0.3 is 0 Å². The zero-order chi connectivity index (χ0) is 12.4. The number of carbonyl (C=O) groups is 1. The van der Waals surface area contributed by atoms with Gasteiger partial charge in [-0.25, -0.2) is 0 Å². The first-order valence-corrected chi connectivity index (χ1v) is 6.09. The third kappa shape index (κ3) is 3.19. The number of likely N-dealkylation sites (tertiary alicyclic amines) is 1. The Morgan fingerprint density at radius 1 is 1.50 bits per heavy atom. The monoisotopic (exact) mass is 227 g/mol. The van der Waals surface area contributed by atoms with Crippen LogP contribution < -0.4 is 11.5 Å². The van der Waals surface area contributed by atoms with Crippen molar-refractivity contribution in [3.05, 3.63) is 0 Å². The lowest BCUT2D eigenvalue weighted by Crippen LogP contribution is -2.50. The summed E-state index contributed by atoms with van der Waals surface area (Å²) >= 11 is 0. The largest absolute Gasteiger partial charge is 0.368 e. The van der Waals surface area contributed by atoms with Gasteiger partial charge in [0, 0.05) is 5.54 Å². The number of carbonyl (C=O) groups excluding carboxylic acids is 1. The molecule has 16 heavy (non-hydrogen) atoms. The molecule has 1 unspecified atom stereocenters. The van der Waals surface area contributed by atoms with Crippen LogP contribution in [0.1, 0.15) is 46.5 Å². The molecule has 1 amide bonds. The van der Waals surface area contributed by atoms with Crippen LogP contribution in [-0.4, -0.2) is 35.0 Å². The maximum atomic E-state index is 11.1. The summed E-state index contributed by atoms with van der Waals surface area (Å²) in [5.41, 5.74) is 10.5. The number of nitrogens with zero attached hydrogens (tertiary/aromatic N) is 1. The first-order chi connectivity index (χ1) is 7.26. The third-order valence-corrected chi connectivity index (χ3v) is 3.76. The molecule has 4 heteroatoms. The van der Waals surface area contributed by atoms with Crippen molar-refractivity contribution in [1.29, 1.82) is 0 Å². The van der Waals surface area contributed by atoms with E-state index in [2.05, 4.69) is 18.7 Å². The topological polar surface area (TPSA) is 72.3 Å². The van der Waals surface area contributed by atoms with Gasteiger partial charge in [-0.15, -0.1) is 0 Å². The average Bonchev–Trinajstić information content (AvgIpc) is 2.45. The van der Waals surface area contributed by atoms with Crippen LogP contribution in [0.3, 0.4) is 0 Å². The first-order valence-electron chi connectivity index (χ1n) is 6.09. The van der Waals surface area contributed by atoms with E-state index in [-0.39, 0.29) is 0 Å². The number of rotatable bonds is 5. The minimum atomic E-state index is -0.857. The molecule has 0 spiro atoms. The van der Waals surface area contributed by atoms with E-state index in [1.165, 1.54) is 12.8 Å². The molecule has 0 bridgehead atoms. The van der Waals surface area contributed by atoms with Gasteiger partial charge in [0.15, 0.2) is 0 Å². The number of nitrogens with two attached hydrogens (primary N) is 2. The van der Waals surface area contributed by atoms with Gasteiger partial charge in [-0.05, 0) is 59.5 Å². The Kier molecular flexibility index (Phi) is 3.97. The van der Waals surface area contributed by atoms with E-state index in [0.29, 0.717) is 12.0 Å². The van der Waals surface area contributed by atoms with Crippen molar-refractivity contribution >= 4 is 5.91 Å². The highest BCUT2D eigenvalue weighted by Gasteiger charge is 2.32. The van der Waals surface area contributed by atoms with Gasteiger partial charge in [0.1, 0.15) is 0 Å². The predicted molar refractivity (Wildman–Crippen MR) is 65.9 cm³/mol. The number of amides is 1. The quantitative estimate of drug-likeness (QED) is 0.731. The molecule has 1 rings (SSSR count). The molecule has 1 aliphatic rings. The van der Waals surface area contributed by atoms with Gasteiger partial charge in [-0.1, -0.05) is 0 Å². The highest BCUT2D eigenvalue weighted by Crippen LogP contribution is 2.28. The number of primary amides is 1. The fraction of sp³-hybridized carbons (Fsp3) is 0.917. The minimum Gasteiger partial charge on any atom is -0.368 e. The fourth-order valence-corrected chi connectivity index (χ4v) is 2.34. The Morgan fingerprint density at radius 2 is 2.12 bits per heavy atom. The van der Waals surface area contributed by atoms with Crippen LogP contribution in [0.2, 0.25) is 0 Å². The Bertz CT molecular complexity index is 261. The summed E-state index contributed by atoms with van der Waals surface area (Å²) in [4.78, 5) is 13.5. The number of hydrogen-bond donors (Lipinski definition) is 2. The molecule has 1 heterocycles. The van der Waals surface area contributed by atoms with Gasteiger partial charge in [0.05, 0.1) is 5.54 Å². The molecule has 0 aromatic carbocycles. The van der Waals surface area contributed by atoms with Crippen LogP contribution in [0.4, 0.5) is 0 Å². The van der Waals surface area contributed by atoms with E-state index in [0.717, 1.165) is 19.5 Å². The maximum absolute atomic E-state index is 11.1. The van der Waals surface area contributed by atoms with Gasteiger partial charge in [-0.3, -0.25) is 9.69 Å². The summed E-state index contributed by atoms with van der Waals surface area (Å²) < 4.78 is 0. The van der Waals surface area contributed by atoms with Crippen LogP contribution in [0.5, 0.6) is 0 Å². The lowest BCUT2D eigenvalue weighted by Gasteiger charge is -2.32. The summed E-state index contributed by atoms with van der Waals surface area (Å²) in [5, 5.41) is 0. The second-order valence-corrected chi connectivity index (χ2v) is 5.79. The van der Waals surface area contributed by atoms with Crippen LogP contribution in [-0.2, 0) is 4.79 Å². The number of hydrogen-bond acceptors (Lipinski definition) is 3. The van der Waals surface area contributed by atoms with Crippen LogP contribution >= 0.6 is 0 Å². The van der Waals surface area contributed by atoms with Crippen LogP contribution in [0.25, 0.3) is 0 Å². The fourth-order valence-electron chi connectivity index (χ4n) is 2.34. The van der Waals surface area contributed by atoms with Crippen LogP contribution in [0.15, 0.2) is 0 Å². The molecule has 0 radical (unpaired) electrons. The molecule has 1 saturated heterocycles. The van der Waals surface area contributed by atoms with Crippen molar-refractivity contribution < 1.29 is 4.79 Å². The second kappa shape index (κ2) is 4.72. The molecule has 0 aliphatic carbocycles. The molecule has 0 saturated carbocycles. The zero-order valence-electron chi connectivity index (χ0n) is 10.8. The first kappa shape index (κ1) is 13.5. The van der Waals surface area contributed by atoms with Crippen molar-refractivity contribution in [3.63, 3.8) is 0 Å². The minimum absolute atomic E-state index is 0.303. The van der Waals surface area contributed by atoms with E-state index in [4.69, 9.17) is 11.5 Å². The van der Waals surface area contributed by atoms with Crippen molar-refractivity contribution in [1.82, 2.24) is 4.90 Å². The van der Waals surface area contributed by atoms with E-state index < -0.39 is 11.4 Å². The summed E-state index contributed by atoms with van der Waals surface area (Å²) in [5.74, 6) is -0.409. The molecule has 0 aromatic heterocycles. The Hall–Kier alpha value is -0.610. The van der Waals surface area contributed by atoms with Gasteiger partial charge in [0.2, 0.25) is 5.91 Å². The lowest BCUT2D eigenvalue weighted by molar-refractivity contribution is -0.122. The molecule has 4 nitrogen and oxygen atoms in total. The standard InChI is InChI=1S/C12H25N3O/c1-11(2)6-4-8-15(11)9-5-7-12(3,14)10(13)16/h4-9,14H2,1-3H3,(H2,13,16). The van der Waals surface area contributed by atoms with Crippen molar-refractivity contribution in [2.75, 3.05) is 13.1 Å². The molecule has 94 valence electrons. The molecular weight excluding hydrogens is 202 g/mol. The highest BCUT2D eigenvalue weighted by atomic mass is 16.1. The average molecular weight is 227 g/mol. The second-order valence-electron chi connectivity index (χ2n) is 5.79. The van der Waals surface area contributed by atoms with E-state index in [1.807, 2.05) is 0 Å². The molecule has 0 aromatic rings. The summed E-state index contributed by atoms with van der Waals surface area (Å²) in [6.45, 7) is 8.42. The molecule has 1 atom stereocenters. The van der Waals surface area contributed by atoms with Crippen molar-refractivity contribution in [2.24, 2.45) is 11.5 Å². The summed E-state index contributed by atoms with van der Waals surface area (Å²) in [6, 6.07) is 0. The van der Waals surface area contributed by atoms with E-state index in [1.54, 1.807) is 6.92 Å². The smallest absolute Gasteiger partial charge is 0.237 e. The lowest BCUT2D eigenvalue weighted by atomic mass is 9.95. The SMILES string of the molecule is CC(N)(CCCN1CCCC1(C)C)C(N)=O. The van der Waals surface area contributed by atoms with E-state index in [9.17, 15) is 4.79 Å². The Balaban J connectivity index is 2.34. The van der Waals surface area contributed by atoms with Gasteiger partial charge in [-0.2, -0.15) is 0 Å². The predicted octanol–water partition coefficient (Wildman–Crippen LogP) is 0.844. The third-order valence-electron chi connectivity index (χ3n) is 3.76. The van der Waals surface area contributed by atoms with Crippen LogP contribution in [0, 0.1) is 0 Å². The van der Waals surface area contributed by atoms with Crippen molar-refractivity contribution in [3.8, 4) is 0 Å². The molecule has 4 N–H and O–H groups in total. The van der Waals surface area contributed by atoms with E-state index >= 15 is 0 Å². The van der Waals surface area contributed by atoms with Gasteiger partial charge in [0.25, 0.3) is 0 Å². The highest BCUT2D eigenvalue weighted by molar-refractivity contribution is 5.83. The zero-order valence-corrected chi connectivity index (χ0v) is 10.8. The Morgan fingerprint density at radius 3 is 2.56 bits per heavy atom. The normalized spacial score (nSPS) is 24.2. The summed E-state index contributed by atoms with van der Waals surface area (Å²) in [7, 11) is 0.